The largest absolute Gasteiger partial charge is 0.206 e. The number of halogens is 12. The number of hydrogen-bond donors (Lipinski definition) is 0. The topological polar surface area (TPSA) is 0 Å². The van der Waals surface area contributed by atoms with Gasteiger partial charge in [-0.2, -0.15) is 0 Å². The Morgan fingerprint density at radius 2 is 0.656 bits per heavy atom. The van der Waals surface area contributed by atoms with Crippen LogP contribution in [-0.4, -0.2) is 0 Å². The van der Waals surface area contributed by atoms with E-state index in [1.165, 1.54) is 0 Å². The van der Waals surface area contributed by atoms with E-state index in [2.05, 4.69) is 0 Å². The van der Waals surface area contributed by atoms with Crippen molar-refractivity contribution in [1.82, 2.24) is 0 Å². The van der Waals surface area contributed by atoms with E-state index in [0.29, 0.717) is 0 Å². The van der Waals surface area contributed by atoms with E-state index in [4.69, 9.17) is 0 Å². The number of fused-ring (bicyclic) bond motifs is 2. The summed E-state index contributed by atoms with van der Waals surface area (Å²) < 4.78 is 170. The molecule has 0 saturated heterocycles. The highest BCUT2D eigenvalue weighted by atomic mass is 19.2. The van der Waals surface area contributed by atoms with Gasteiger partial charge in [0, 0.05) is 10.9 Å². The maximum absolute atomic E-state index is 15.1. The third kappa shape index (κ3) is 2.61. The van der Waals surface area contributed by atoms with Crippen LogP contribution in [-0.2, 0) is 0 Å². The minimum Gasteiger partial charge on any atom is -0.206 e. The Balaban J connectivity index is 2.44. The summed E-state index contributed by atoms with van der Waals surface area (Å²) in [5, 5.41) is -7.99. The first-order valence-electron chi connectivity index (χ1n) is 8.18. The summed E-state index contributed by atoms with van der Waals surface area (Å²) in [6.45, 7) is 0. The molecule has 166 valence electrons. The van der Waals surface area contributed by atoms with E-state index >= 15 is 4.39 Å². The van der Waals surface area contributed by atoms with Crippen LogP contribution >= 0.6 is 0 Å². The first-order valence-corrected chi connectivity index (χ1v) is 8.18. The predicted molar refractivity (Wildman–Crippen MR) is 86.4 cm³/mol. The van der Waals surface area contributed by atoms with Crippen LogP contribution in [0.25, 0.3) is 32.7 Å². The molecule has 12 heteroatoms. The van der Waals surface area contributed by atoms with Crippen LogP contribution in [0.4, 0.5) is 52.7 Å². The highest BCUT2D eigenvalue weighted by Gasteiger charge is 2.35. The molecule has 0 radical (unpaired) electrons. The number of benzene rings is 4. The quantitative estimate of drug-likeness (QED) is 0.118. The maximum atomic E-state index is 15.1. The van der Waals surface area contributed by atoms with Crippen molar-refractivity contribution in [3.8, 4) is 11.1 Å². The minimum atomic E-state index is -2.66. The molecule has 0 bridgehead atoms. The van der Waals surface area contributed by atoms with Gasteiger partial charge in [-0.05, 0) is 12.1 Å². The molecule has 0 saturated carbocycles. The molecule has 0 aliphatic heterocycles. The molecule has 0 unspecified atom stereocenters. The molecule has 0 spiro atoms. The van der Waals surface area contributed by atoms with Crippen LogP contribution in [0, 0.1) is 69.8 Å². The van der Waals surface area contributed by atoms with E-state index in [1.54, 1.807) is 0 Å². The third-order valence-corrected chi connectivity index (χ3v) is 4.76. The molecule has 0 heterocycles. The molecule has 4 aromatic carbocycles. The highest BCUT2D eigenvalue weighted by Crippen LogP contribution is 2.44. The molecule has 0 nitrogen and oxygen atoms in total. The van der Waals surface area contributed by atoms with Crippen LogP contribution in [0.1, 0.15) is 0 Å². The fraction of sp³-hybridized carbons (Fsp3) is 0. The normalized spacial score (nSPS) is 11.8. The molecular formula is C20H2F12. The molecule has 0 amide bonds. The molecule has 0 atom stereocenters. The Morgan fingerprint density at radius 1 is 0.281 bits per heavy atom. The fourth-order valence-electron chi connectivity index (χ4n) is 3.37. The summed E-state index contributed by atoms with van der Waals surface area (Å²) in [4.78, 5) is 0. The van der Waals surface area contributed by atoms with Crippen molar-refractivity contribution in [2.24, 2.45) is 0 Å². The average molecular weight is 470 g/mol. The summed E-state index contributed by atoms with van der Waals surface area (Å²) in [5.41, 5.74) is -3.80. The molecule has 0 aliphatic rings. The molecular weight excluding hydrogens is 468 g/mol. The van der Waals surface area contributed by atoms with Gasteiger partial charge in [0.2, 0.25) is 0 Å². The van der Waals surface area contributed by atoms with Gasteiger partial charge in [0.15, 0.2) is 52.4 Å². The third-order valence-electron chi connectivity index (χ3n) is 4.76. The molecule has 4 rings (SSSR count). The fourth-order valence-corrected chi connectivity index (χ4v) is 3.37. The number of rotatable bonds is 1. The summed E-state index contributed by atoms with van der Waals surface area (Å²) in [6.07, 6.45) is 0. The van der Waals surface area contributed by atoms with Crippen LogP contribution in [0.2, 0.25) is 0 Å². The van der Waals surface area contributed by atoms with Gasteiger partial charge in [-0.15, -0.1) is 0 Å². The van der Waals surface area contributed by atoms with Crippen molar-refractivity contribution >= 4 is 21.5 Å². The van der Waals surface area contributed by atoms with Gasteiger partial charge in [0.05, 0.1) is 21.7 Å². The Morgan fingerprint density at radius 3 is 1.16 bits per heavy atom. The van der Waals surface area contributed by atoms with Gasteiger partial charge in [-0.25, -0.2) is 52.7 Å². The van der Waals surface area contributed by atoms with Gasteiger partial charge in [-0.1, -0.05) is 0 Å². The zero-order valence-corrected chi connectivity index (χ0v) is 14.7. The Bertz CT molecular complexity index is 1490. The molecule has 0 aromatic heterocycles. The molecule has 0 fully saturated rings. The van der Waals surface area contributed by atoms with Gasteiger partial charge in [0.1, 0.15) is 17.5 Å². The monoisotopic (exact) mass is 470 g/mol. The predicted octanol–water partition coefficient (Wildman–Crippen LogP) is 7.33. The first kappa shape index (κ1) is 21.8. The SMILES string of the molecule is Fc1ccc(F)c(-c2c(F)c(F)c(F)c3c(F)c4c(F)c(F)c(F)c(F)c4c(F)c23)c1F. The van der Waals surface area contributed by atoms with Crippen LogP contribution < -0.4 is 0 Å². The van der Waals surface area contributed by atoms with E-state index < -0.39 is 102 Å². The second-order valence-electron chi connectivity index (χ2n) is 6.42. The van der Waals surface area contributed by atoms with Crippen LogP contribution in [0.3, 0.4) is 0 Å². The van der Waals surface area contributed by atoms with Crippen LogP contribution in [0.5, 0.6) is 0 Å². The number of hydrogen-bond acceptors (Lipinski definition) is 0. The van der Waals surface area contributed by atoms with E-state index in [0.717, 1.165) is 0 Å². The van der Waals surface area contributed by atoms with Crippen molar-refractivity contribution in [3.05, 3.63) is 81.9 Å². The Kier molecular flexibility index (Phi) is 4.79. The summed E-state index contributed by atoms with van der Waals surface area (Å²) in [5.74, 6) is -29.1. The lowest BCUT2D eigenvalue weighted by molar-refractivity contribution is 0.414. The van der Waals surface area contributed by atoms with Gasteiger partial charge in [0.25, 0.3) is 0 Å². The summed E-state index contributed by atoms with van der Waals surface area (Å²) >= 11 is 0. The lowest BCUT2D eigenvalue weighted by Gasteiger charge is -2.16. The van der Waals surface area contributed by atoms with Gasteiger partial charge < -0.3 is 0 Å². The second-order valence-corrected chi connectivity index (χ2v) is 6.42. The summed E-state index contributed by atoms with van der Waals surface area (Å²) in [6, 6.07) is 0.360. The molecule has 4 aromatic rings. The van der Waals surface area contributed by atoms with Crippen molar-refractivity contribution in [1.29, 1.82) is 0 Å². The molecule has 32 heavy (non-hydrogen) atoms. The van der Waals surface area contributed by atoms with Crippen molar-refractivity contribution in [3.63, 3.8) is 0 Å². The van der Waals surface area contributed by atoms with E-state index in [1.807, 2.05) is 0 Å². The Hall–Kier alpha value is -3.44. The van der Waals surface area contributed by atoms with Gasteiger partial charge in [-0.3, -0.25) is 0 Å². The molecule has 0 aliphatic carbocycles. The maximum Gasteiger partial charge on any atom is 0.198 e. The summed E-state index contributed by atoms with van der Waals surface area (Å²) in [7, 11) is 0. The smallest absolute Gasteiger partial charge is 0.198 e. The zero-order chi connectivity index (χ0) is 23.8. The van der Waals surface area contributed by atoms with Crippen molar-refractivity contribution in [2.75, 3.05) is 0 Å². The van der Waals surface area contributed by atoms with Gasteiger partial charge >= 0.3 is 0 Å². The van der Waals surface area contributed by atoms with E-state index in [-0.39, 0.29) is 12.1 Å². The lowest BCUT2D eigenvalue weighted by atomic mass is 9.92. The first-order chi connectivity index (χ1) is 14.9. The van der Waals surface area contributed by atoms with Crippen molar-refractivity contribution < 1.29 is 52.7 Å². The highest BCUT2D eigenvalue weighted by molar-refractivity contribution is 6.07. The average Bonchev–Trinajstić information content (AvgIpc) is 2.75. The molecule has 0 N–H and O–H groups in total. The van der Waals surface area contributed by atoms with E-state index in [9.17, 15) is 48.3 Å². The standard InChI is InChI=1S/C20H2F12/c21-3-1-2-4(22)11(23)5(3)6-7-8(15(27)18(30)14(6)26)13(25)10-9(12(7)24)16(28)19(31)20(32)17(10)29/h1-2H. The lowest BCUT2D eigenvalue weighted by Crippen LogP contribution is -2.08. The Labute approximate surface area is 168 Å². The zero-order valence-electron chi connectivity index (χ0n) is 14.7. The van der Waals surface area contributed by atoms with Crippen molar-refractivity contribution in [2.45, 2.75) is 0 Å². The van der Waals surface area contributed by atoms with Crippen LogP contribution in [0.15, 0.2) is 12.1 Å². The second kappa shape index (κ2) is 7.04. The minimum absolute atomic E-state index is 0.172.